The molecule has 31 heavy (non-hydrogen) atoms. The molecule has 0 aliphatic heterocycles. The molecule has 0 radical (unpaired) electrons. The summed E-state index contributed by atoms with van der Waals surface area (Å²) in [5.41, 5.74) is 3.18. The molecule has 2 aromatic carbocycles. The van der Waals surface area contributed by atoms with Crippen molar-refractivity contribution in [1.82, 2.24) is 10.2 Å². The van der Waals surface area contributed by atoms with Crippen LogP contribution in [0.5, 0.6) is 0 Å². The largest absolute Gasteiger partial charge is 0.352 e. The molecule has 0 aliphatic rings. The van der Waals surface area contributed by atoms with Crippen LogP contribution < -0.4 is 5.32 Å². The number of hydrogen-bond acceptors (Lipinski definition) is 3. The molecule has 0 unspecified atom stereocenters. The smallest absolute Gasteiger partial charge is 0.243 e. The van der Waals surface area contributed by atoms with Gasteiger partial charge in [-0.2, -0.15) is 0 Å². The zero-order valence-electron chi connectivity index (χ0n) is 18.9. The number of aryl methyl sites for hydroxylation is 1. The molecule has 2 amide bonds. The number of benzene rings is 2. The highest BCUT2D eigenvalue weighted by Gasteiger charge is 2.29. The minimum absolute atomic E-state index is 0.0357. The van der Waals surface area contributed by atoms with Crippen LogP contribution in [0.25, 0.3) is 0 Å². The summed E-state index contributed by atoms with van der Waals surface area (Å²) in [6, 6.07) is 15.3. The van der Waals surface area contributed by atoms with Gasteiger partial charge >= 0.3 is 0 Å². The van der Waals surface area contributed by atoms with Gasteiger partial charge in [-0.05, 0) is 49.4 Å². The van der Waals surface area contributed by atoms with Crippen LogP contribution >= 0.6 is 23.4 Å². The monoisotopic (exact) mass is 460 g/mol. The number of carbonyl (C=O) groups is 2. The molecule has 2 aromatic rings. The average molecular weight is 461 g/mol. The van der Waals surface area contributed by atoms with E-state index in [1.165, 1.54) is 11.8 Å². The Balaban J connectivity index is 2.16. The number of thioether (sulfide) groups is 1. The Kier molecular flexibility index (Phi) is 10.4. The average Bonchev–Trinajstić information content (AvgIpc) is 2.76. The highest BCUT2D eigenvalue weighted by molar-refractivity contribution is 7.99. The number of amides is 2. The third kappa shape index (κ3) is 7.58. The van der Waals surface area contributed by atoms with E-state index in [4.69, 9.17) is 11.6 Å². The second kappa shape index (κ2) is 12.8. The maximum Gasteiger partial charge on any atom is 0.243 e. The van der Waals surface area contributed by atoms with Crippen LogP contribution in [0.15, 0.2) is 48.5 Å². The third-order valence-electron chi connectivity index (χ3n) is 5.43. The van der Waals surface area contributed by atoms with Gasteiger partial charge in [0.2, 0.25) is 11.8 Å². The minimum Gasteiger partial charge on any atom is -0.352 e. The van der Waals surface area contributed by atoms with E-state index in [0.717, 1.165) is 23.1 Å². The molecule has 0 aliphatic carbocycles. The lowest BCUT2D eigenvalue weighted by Gasteiger charge is -2.32. The fourth-order valence-electron chi connectivity index (χ4n) is 3.28. The van der Waals surface area contributed by atoms with Gasteiger partial charge in [-0.25, -0.2) is 0 Å². The first-order chi connectivity index (χ1) is 14.9. The highest BCUT2D eigenvalue weighted by atomic mass is 35.5. The van der Waals surface area contributed by atoms with Gasteiger partial charge in [0, 0.05) is 23.4 Å². The number of carbonyl (C=O) groups excluding carboxylic acids is 2. The molecule has 2 atom stereocenters. The maximum absolute atomic E-state index is 13.3. The summed E-state index contributed by atoms with van der Waals surface area (Å²) in [5.74, 6) is 0.824. The first-order valence-corrected chi connectivity index (χ1v) is 12.4. The maximum atomic E-state index is 13.3. The van der Waals surface area contributed by atoms with Crippen LogP contribution in [-0.4, -0.2) is 34.6 Å². The summed E-state index contributed by atoms with van der Waals surface area (Å²) in [7, 11) is 0. The van der Waals surface area contributed by atoms with Crippen LogP contribution in [-0.2, 0) is 21.9 Å². The SMILES string of the molecule is CC[C@@H](C)NC(=O)[C@@H](CC)N(Cc1ccccc1C)C(=O)CSCc1ccccc1Cl. The van der Waals surface area contributed by atoms with E-state index < -0.39 is 6.04 Å². The van der Waals surface area contributed by atoms with Gasteiger partial charge in [0.1, 0.15) is 6.04 Å². The number of hydrogen-bond donors (Lipinski definition) is 1. The predicted octanol–water partition coefficient (Wildman–Crippen LogP) is 5.60. The summed E-state index contributed by atoms with van der Waals surface area (Å²) in [6.45, 7) is 8.43. The molecule has 2 rings (SSSR count). The zero-order valence-corrected chi connectivity index (χ0v) is 20.4. The zero-order chi connectivity index (χ0) is 22.8. The van der Waals surface area contributed by atoms with Crippen LogP contribution in [0, 0.1) is 6.92 Å². The number of nitrogens with one attached hydrogen (secondary N) is 1. The molecule has 1 N–H and O–H groups in total. The Bertz CT molecular complexity index is 874. The van der Waals surface area contributed by atoms with Crippen LogP contribution in [0.1, 0.15) is 50.3 Å². The molecular weight excluding hydrogens is 428 g/mol. The molecular formula is C25H33ClN2O2S. The third-order valence-corrected chi connectivity index (χ3v) is 6.76. The molecule has 0 heterocycles. The van der Waals surface area contributed by atoms with Gasteiger partial charge in [-0.1, -0.05) is 67.9 Å². The minimum atomic E-state index is -0.498. The van der Waals surface area contributed by atoms with Crippen molar-refractivity contribution < 1.29 is 9.59 Å². The van der Waals surface area contributed by atoms with Gasteiger partial charge < -0.3 is 10.2 Å². The van der Waals surface area contributed by atoms with E-state index in [0.29, 0.717) is 29.5 Å². The molecule has 0 bridgehead atoms. The molecule has 0 aromatic heterocycles. The Morgan fingerprint density at radius 1 is 1.03 bits per heavy atom. The van der Waals surface area contributed by atoms with Crippen molar-refractivity contribution in [2.45, 2.75) is 64.9 Å². The molecule has 4 nitrogen and oxygen atoms in total. The Morgan fingerprint density at radius 2 is 1.68 bits per heavy atom. The van der Waals surface area contributed by atoms with Crippen molar-refractivity contribution in [2.75, 3.05) is 5.75 Å². The van der Waals surface area contributed by atoms with Gasteiger partial charge in [0.05, 0.1) is 5.75 Å². The Hall–Kier alpha value is -1.98. The lowest BCUT2D eigenvalue weighted by atomic mass is 10.1. The van der Waals surface area contributed by atoms with Gasteiger partial charge in [0.15, 0.2) is 0 Å². The van der Waals surface area contributed by atoms with Crippen molar-refractivity contribution in [3.63, 3.8) is 0 Å². The van der Waals surface area contributed by atoms with E-state index in [9.17, 15) is 9.59 Å². The summed E-state index contributed by atoms with van der Waals surface area (Å²) < 4.78 is 0. The van der Waals surface area contributed by atoms with Gasteiger partial charge in [-0.3, -0.25) is 9.59 Å². The number of halogens is 1. The summed E-state index contributed by atoms with van der Waals surface area (Å²) >= 11 is 7.76. The van der Waals surface area contributed by atoms with Crippen LogP contribution in [0.3, 0.4) is 0 Å². The van der Waals surface area contributed by atoms with E-state index in [-0.39, 0.29) is 17.9 Å². The van der Waals surface area contributed by atoms with E-state index in [1.807, 2.05) is 76.2 Å². The fourth-order valence-corrected chi connectivity index (χ4v) is 4.47. The quantitative estimate of drug-likeness (QED) is 0.474. The molecule has 0 fully saturated rings. The van der Waals surface area contributed by atoms with E-state index in [2.05, 4.69) is 5.32 Å². The van der Waals surface area contributed by atoms with Crippen molar-refractivity contribution in [2.24, 2.45) is 0 Å². The van der Waals surface area contributed by atoms with Crippen molar-refractivity contribution >= 4 is 35.2 Å². The lowest BCUT2D eigenvalue weighted by molar-refractivity contribution is -0.139. The molecule has 0 saturated heterocycles. The standard InChI is InChI=1S/C25H33ClN2O2S/c1-5-19(4)27-25(30)23(6-2)28(15-20-12-8-7-11-18(20)3)24(29)17-31-16-21-13-9-10-14-22(21)26/h7-14,19,23H,5-6,15-17H2,1-4H3,(H,27,30)/t19-,23-/m1/s1. The molecule has 0 saturated carbocycles. The summed E-state index contributed by atoms with van der Waals surface area (Å²) in [4.78, 5) is 28.0. The predicted molar refractivity (Wildman–Crippen MR) is 131 cm³/mol. The Labute approximate surface area is 195 Å². The van der Waals surface area contributed by atoms with E-state index in [1.54, 1.807) is 4.90 Å². The summed E-state index contributed by atoms with van der Waals surface area (Å²) in [6.07, 6.45) is 1.41. The number of nitrogens with zero attached hydrogens (tertiary/aromatic N) is 1. The van der Waals surface area contributed by atoms with Gasteiger partial charge in [-0.15, -0.1) is 11.8 Å². The van der Waals surface area contributed by atoms with Gasteiger partial charge in [0.25, 0.3) is 0 Å². The van der Waals surface area contributed by atoms with Crippen LogP contribution in [0.2, 0.25) is 5.02 Å². The van der Waals surface area contributed by atoms with Crippen LogP contribution in [0.4, 0.5) is 0 Å². The topological polar surface area (TPSA) is 49.4 Å². The first-order valence-electron chi connectivity index (χ1n) is 10.8. The first kappa shape index (κ1) is 25.3. The van der Waals surface area contributed by atoms with E-state index >= 15 is 0 Å². The lowest BCUT2D eigenvalue weighted by Crippen LogP contribution is -2.51. The number of rotatable bonds is 11. The molecule has 6 heteroatoms. The molecule has 0 spiro atoms. The Morgan fingerprint density at radius 3 is 2.29 bits per heavy atom. The fraction of sp³-hybridized carbons (Fsp3) is 0.440. The van der Waals surface area contributed by atoms with Crippen molar-refractivity contribution in [3.8, 4) is 0 Å². The second-order valence-electron chi connectivity index (χ2n) is 7.77. The second-order valence-corrected chi connectivity index (χ2v) is 9.17. The van der Waals surface area contributed by atoms with Crippen molar-refractivity contribution in [3.05, 3.63) is 70.2 Å². The molecule has 168 valence electrons. The van der Waals surface area contributed by atoms with Crippen molar-refractivity contribution in [1.29, 1.82) is 0 Å². The summed E-state index contributed by atoms with van der Waals surface area (Å²) in [5, 5.41) is 3.76. The normalized spacial score (nSPS) is 12.8. The highest BCUT2D eigenvalue weighted by Crippen LogP contribution is 2.22.